The Bertz CT molecular complexity index is 1660. The van der Waals surface area contributed by atoms with E-state index in [4.69, 9.17) is 19.3 Å². The smallest absolute Gasteiger partial charge is 0.303 e. The summed E-state index contributed by atoms with van der Waals surface area (Å²) in [7, 11) is 1.68. The minimum atomic E-state index is -0.776. The molecule has 49 heavy (non-hydrogen) atoms. The fourth-order valence-electron chi connectivity index (χ4n) is 5.87. The lowest BCUT2D eigenvalue weighted by atomic mass is 9.99. The van der Waals surface area contributed by atoms with Crippen LogP contribution < -0.4 is 10.1 Å². The van der Waals surface area contributed by atoms with Crippen LogP contribution in [0.2, 0.25) is 0 Å². The monoisotopic (exact) mass is 683 g/mol. The first-order valence-corrected chi connectivity index (χ1v) is 17.8. The SMILES string of the molecule is COc1ccccc1SCC1CC(c2ccc(CO)cc2)OC(c2cccc(-c3cccc(CNC(=O)CCCCCCC(=O)O)c3)c2)O1. The van der Waals surface area contributed by atoms with E-state index in [0.717, 1.165) is 69.0 Å². The van der Waals surface area contributed by atoms with Gasteiger partial charge in [0.2, 0.25) is 5.91 Å². The van der Waals surface area contributed by atoms with E-state index in [0.29, 0.717) is 25.8 Å². The summed E-state index contributed by atoms with van der Waals surface area (Å²) in [5.41, 5.74) is 5.87. The Labute approximate surface area is 292 Å². The highest BCUT2D eigenvalue weighted by atomic mass is 32.2. The number of carboxylic acid groups (broad SMARTS) is 1. The molecule has 1 heterocycles. The molecule has 0 aromatic heterocycles. The predicted molar refractivity (Wildman–Crippen MR) is 191 cm³/mol. The van der Waals surface area contributed by atoms with E-state index in [1.165, 1.54) is 0 Å². The number of carbonyl (C=O) groups excluding carboxylic acids is 1. The van der Waals surface area contributed by atoms with Gasteiger partial charge in [-0.05, 0) is 64.9 Å². The highest BCUT2D eigenvalue weighted by Crippen LogP contribution is 2.41. The van der Waals surface area contributed by atoms with Gasteiger partial charge in [0.15, 0.2) is 6.29 Å². The van der Waals surface area contributed by atoms with E-state index in [1.54, 1.807) is 18.9 Å². The first-order valence-electron chi connectivity index (χ1n) is 16.9. The number of aliphatic hydroxyl groups is 1. The van der Waals surface area contributed by atoms with Gasteiger partial charge in [-0.2, -0.15) is 0 Å². The second kappa shape index (κ2) is 18.6. The summed E-state index contributed by atoms with van der Waals surface area (Å²) < 4.78 is 18.8. The number of aliphatic hydroxyl groups excluding tert-OH is 1. The average Bonchev–Trinajstić information content (AvgIpc) is 3.14. The van der Waals surface area contributed by atoms with Crippen molar-refractivity contribution in [3.05, 3.63) is 119 Å². The lowest BCUT2D eigenvalue weighted by Gasteiger charge is -2.36. The van der Waals surface area contributed by atoms with Gasteiger partial charge >= 0.3 is 5.97 Å². The van der Waals surface area contributed by atoms with Gasteiger partial charge in [-0.3, -0.25) is 9.59 Å². The van der Waals surface area contributed by atoms with Crippen LogP contribution in [0.15, 0.2) is 102 Å². The number of rotatable bonds is 17. The molecular weight excluding hydrogens is 639 g/mol. The minimum Gasteiger partial charge on any atom is -0.496 e. The third-order valence-electron chi connectivity index (χ3n) is 8.56. The lowest BCUT2D eigenvalue weighted by molar-refractivity contribution is -0.245. The minimum absolute atomic E-state index is 0.00351. The van der Waals surface area contributed by atoms with E-state index in [-0.39, 0.29) is 31.1 Å². The van der Waals surface area contributed by atoms with Crippen LogP contribution in [0.25, 0.3) is 11.1 Å². The molecule has 4 aromatic rings. The predicted octanol–water partition coefficient (Wildman–Crippen LogP) is 8.23. The number of aliphatic carboxylic acids is 1. The first kappa shape index (κ1) is 36.1. The van der Waals surface area contributed by atoms with E-state index < -0.39 is 12.3 Å². The molecule has 258 valence electrons. The molecule has 0 bridgehead atoms. The first-order chi connectivity index (χ1) is 23.9. The number of benzene rings is 4. The Morgan fingerprint density at radius 3 is 2.31 bits per heavy atom. The molecule has 4 aromatic carbocycles. The fourth-order valence-corrected chi connectivity index (χ4v) is 6.92. The molecule has 5 rings (SSSR count). The van der Waals surface area contributed by atoms with Crippen molar-refractivity contribution in [2.45, 2.75) is 81.5 Å². The third-order valence-corrected chi connectivity index (χ3v) is 9.75. The number of hydrogen-bond acceptors (Lipinski definition) is 7. The van der Waals surface area contributed by atoms with Gasteiger partial charge in [0.1, 0.15) is 5.75 Å². The van der Waals surface area contributed by atoms with Crippen molar-refractivity contribution in [1.82, 2.24) is 5.32 Å². The van der Waals surface area contributed by atoms with E-state index in [9.17, 15) is 14.7 Å². The van der Waals surface area contributed by atoms with Gasteiger partial charge in [0.05, 0.1) is 25.9 Å². The number of amides is 1. The molecule has 1 amide bonds. The normalized spacial score (nSPS) is 17.4. The zero-order valence-corrected chi connectivity index (χ0v) is 28.7. The van der Waals surface area contributed by atoms with E-state index >= 15 is 0 Å². The Hall–Kier alpha value is -4.15. The fraction of sp³-hybridized carbons (Fsp3) is 0.350. The highest BCUT2D eigenvalue weighted by molar-refractivity contribution is 7.99. The quantitative estimate of drug-likeness (QED) is 0.0754. The van der Waals surface area contributed by atoms with Crippen molar-refractivity contribution in [3.8, 4) is 16.9 Å². The molecule has 0 spiro atoms. The average molecular weight is 684 g/mol. The molecule has 9 heteroatoms. The van der Waals surface area contributed by atoms with Crippen LogP contribution in [0.5, 0.6) is 5.75 Å². The molecule has 0 aliphatic carbocycles. The molecule has 1 saturated heterocycles. The topological polar surface area (TPSA) is 114 Å². The van der Waals surface area contributed by atoms with Crippen LogP contribution >= 0.6 is 11.8 Å². The van der Waals surface area contributed by atoms with Crippen molar-refractivity contribution in [3.63, 3.8) is 0 Å². The van der Waals surface area contributed by atoms with Crippen molar-refractivity contribution < 1.29 is 34.0 Å². The summed E-state index contributed by atoms with van der Waals surface area (Å²) in [5, 5.41) is 21.3. The number of methoxy groups -OCH3 is 1. The Kier molecular flexibility index (Phi) is 13.7. The highest BCUT2D eigenvalue weighted by Gasteiger charge is 2.32. The molecule has 1 aliphatic rings. The van der Waals surface area contributed by atoms with E-state index in [2.05, 4.69) is 35.6 Å². The number of para-hydroxylation sites is 1. The van der Waals surface area contributed by atoms with Crippen LogP contribution in [0.3, 0.4) is 0 Å². The van der Waals surface area contributed by atoms with Gasteiger partial charge in [-0.15, -0.1) is 11.8 Å². The molecular formula is C40H45NO7S. The Balaban J connectivity index is 1.25. The van der Waals surface area contributed by atoms with Gasteiger partial charge in [0.25, 0.3) is 0 Å². The van der Waals surface area contributed by atoms with Crippen molar-refractivity contribution in [2.75, 3.05) is 12.9 Å². The number of carboxylic acids is 1. The van der Waals surface area contributed by atoms with Gasteiger partial charge < -0.3 is 29.7 Å². The summed E-state index contributed by atoms with van der Waals surface area (Å²) in [6.07, 6.45) is 3.51. The molecule has 3 atom stereocenters. The summed E-state index contributed by atoms with van der Waals surface area (Å²) in [6, 6.07) is 32.3. The number of ether oxygens (including phenoxy) is 3. The molecule has 3 unspecified atom stereocenters. The Morgan fingerprint density at radius 1 is 0.816 bits per heavy atom. The maximum absolute atomic E-state index is 12.4. The van der Waals surface area contributed by atoms with Crippen LogP contribution in [0.1, 0.15) is 79.6 Å². The van der Waals surface area contributed by atoms with Crippen molar-refractivity contribution in [1.29, 1.82) is 0 Å². The second-order valence-electron chi connectivity index (χ2n) is 12.2. The van der Waals surface area contributed by atoms with Crippen molar-refractivity contribution in [2.24, 2.45) is 0 Å². The molecule has 3 N–H and O–H groups in total. The number of thioether (sulfide) groups is 1. The zero-order valence-electron chi connectivity index (χ0n) is 27.9. The van der Waals surface area contributed by atoms with Crippen LogP contribution in [-0.2, 0) is 32.2 Å². The summed E-state index contributed by atoms with van der Waals surface area (Å²) in [5.74, 6) is 0.786. The third kappa shape index (κ3) is 10.9. The number of carbonyl (C=O) groups is 2. The standard InChI is InChI=1S/C40H45NO7S/c1-46-35-14-6-7-15-37(35)49-27-34-24-36(30-20-18-28(26-42)19-21-30)48-40(47-34)33-13-9-12-32(23-33)31-11-8-10-29(22-31)25-41-38(43)16-4-2-3-5-17-39(44)45/h6-15,18-23,34,36,40,42H,2-5,16-17,24-27H2,1H3,(H,41,43)(H,44,45). The second-order valence-corrected chi connectivity index (χ2v) is 13.3. The van der Waals surface area contributed by atoms with Crippen LogP contribution in [0, 0.1) is 0 Å². The molecule has 1 aliphatic heterocycles. The van der Waals surface area contributed by atoms with E-state index in [1.807, 2.05) is 66.7 Å². The van der Waals surface area contributed by atoms with Gasteiger partial charge in [-0.1, -0.05) is 85.6 Å². The van der Waals surface area contributed by atoms with Gasteiger partial charge in [0, 0.05) is 42.0 Å². The summed E-state index contributed by atoms with van der Waals surface area (Å²) in [4.78, 5) is 24.1. The molecule has 0 saturated carbocycles. The summed E-state index contributed by atoms with van der Waals surface area (Å²) >= 11 is 1.71. The number of nitrogens with one attached hydrogen (secondary N) is 1. The van der Waals surface area contributed by atoms with Crippen LogP contribution in [-0.4, -0.2) is 41.1 Å². The molecule has 8 nitrogen and oxygen atoms in total. The lowest BCUT2D eigenvalue weighted by Crippen LogP contribution is -2.31. The zero-order chi connectivity index (χ0) is 34.4. The maximum Gasteiger partial charge on any atom is 0.303 e. The van der Waals surface area contributed by atoms with Crippen molar-refractivity contribution >= 4 is 23.6 Å². The summed E-state index contributed by atoms with van der Waals surface area (Å²) in [6.45, 7) is 0.427. The largest absolute Gasteiger partial charge is 0.496 e. The van der Waals surface area contributed by atoms with Crippen LogP contribution in [0.4, 0.5) is 0 Å². The molecule has 1 fully saturated rings. The maximum atomic E-state index is 12.4. The number of hydrogen-bond donors (Lipinski definition) is 3. The Morgan fingerprint density at radius 2 is 1.55 bits per heavy atom. The van der Waals surface area contributed by atoms with Gasteiger partial charge in [-0.25, -0.2) is 0 Å². The molecule has 0 radical (unpaired) electrons. The number of unbranched alkanes of at least 4 members (excludes halogenated alkanes) is 3.